The highest BCUT2D eigenvalue weighted by Crippen LogP contribution is 2.29. The average molecular weight is 422 g/mol. The van der Waals surface area contributed by atoms with Crippen LogP contribution in [-0.2, 0) is 0 Å². The molecule has 0 atom stereocenters. The first-order valence-electron chi connectivity index (χ1n) is 12.3. The minimum atomic E-state index is 0.709. The van der Waals surface area contributed by atoms with Gasteiger partial charge in [0.2, 0.25) is 0 Å². The van der Waals surface area contributed by atoms with Crippen LogP contribution in [0.5, 0.6) is 5.75 Å². The van der Waals surface area contributed by atoms with Crippen LogP contribution in [0.2, 0.25) is 0 Å². The molecule has 0 aliphatic carbocycles. The van der Waals surface area contributed by atoms with Gasteiger partial charge in [0.25, 0.3) is 0 Å². The van der Waals surface area contributed by atoms with Crippen LogP contribution in [0, 0.1) is 0 Å². The molecule has 2 aromatic heterocycles. The van der Waals surface area contributed by atoms with E-state index in [0.29, 0.717) is 6.61 Å². The van der Waals surface area contributed by atoms with E-state index in [-0.39, 0.29) is 0 Å². The molecule has 1 aliphatic heterocycles. The zero-order valence-electron chi connectivity index (χ0n) is 19.4. The summed E-state index contributed by atoms with van der Waals surface area (Å²) in [6.07, 6.45) is 22.6. The van der Waals surface area contributed by atoms with Gasteiger partial charge in [0.1, 0.15) is 5.75 Å². The first-order valence-corrected chi connectivity index (χ1v) is 12.3. The molecule has 4 heteroatoms. The number of allylic oxidation sites excluding steroid dienone is 2. The average Bonchev–Trinajstić information content (AvgIpc) is 3.53. The Labute approximate surface area is 187 Å². The highest BCUT2D eigenvalue weighted by Gasteiger charge is 2.12. The maximum atomic E-state index is 5.97. The lowest BCUT2D eigenvalue weighted by Crippen LogP contribution is -1.95. The van der Waals surface area contributed by atoms with Gasteiger partial charge in [-0.3, -0.25) is 4.99 Å². The second-order valence-corrected chi connectivity index (χ2v) is 8.48. The van der Waals surface area contributed by atoms with Crippen molar-refractivity contribution in [2.75, 3.05) is 6.61 Å². The number of unbranched alkanes of at least 4 members (excludes halogenated alkanes) is 8. The van der Waals surface area contributed by atoms with E-state index in [1.165, 1.54) is 63.5 Å². The molecule has 2 aromatic rings. The number of rotatable bonds is 15. The summed E-state index contributed by atoms with van der Waals surface area (Å²) >= 11 is 0. The van der Waals surface area contributed by atoms with E-state index >= 15 is 0 Å². The highest BCUT2D eigenvalue weighted by molar-refractivity contribution is 5.99. The van der Waals surface area contributed by atoms with Gasteiger partial charge in [0.05, 0.1) is 29.4 Å². The molecule has 0 radical (unpaired) electrons. The summed E-state index contributed by atoms with van der Waals surface area (Å²) in [5, 5.41) is 0. The van der Waals surface area contributed by atoms with Crippen LogP contribution in [0.3, 0.4) is 0 Å². The van der Waals surface area contributed by atoms with Crippen molar-refractivity contribution in [2.45, 2.75) is 84.5 Å². The van der Waals surface area contributed by atoms with Crippen LogP contribution in [0.1, 0.15) is 90.2 Å². The van der Waals surface area contributed by atoms with E-state index in [2.05, 4.69) is 54.2 Å². The lowest BCUT2D eigenvalue weighted by atomic mass is 10.1. The molecule has 4 nitrogen and oxygen atoms in total. The number of hydrogen-bond acceptors (Lipinski definition) is 2. The summed E-state index contributed by atoms with van der Waals surface area (Å²) in [7, 11) is 0. The summed E-state index contributed by atoms with van der Waals surface area (Å²) < 4.78 is 5.97. The lowest BCUT2D eigenvalue weighted by molar-refractivity contribution is 0.317. The lowest BCUT2D eigenvalue weighted by Gasteiger charge is -2.03. The van der Waals surface area contributed by atoms with Crippen LogP contribution < -0.4 is 4.74 Å². The van der Waals surface area contributed by atoms with Gasteiger partial charge in [0.15, 0.2) is 0 Å². The van der Waals surface area contributed by atoms with Gasteiger partial charge in [-0.25, -0.2) is 0 Å². The number of H-pyrrole nitrogens is 2. The molecule has 3 rings (SSSR count). The van der Waals surface area contributed by atoms with Gasteiger partial charge in [-0.15, -0.1) is 0 Å². The van der Waals surface area contributed by atoms with Crippen molar-refractivity contribution < 1.29 is 4.74 Å². The monoisotopic (exact) mass is 421 g/mol. The topological polar surface area (TPSA) is 53.2 Å². The molecule has 168 valence electrons. The Kier molecular flexibility index (Phi) is 9.75. The SMILES string of the molecule is CCCCCCCCCCCC1=N/C(=C/c2[nH]c(-c3ccc[nH]3)cc2OCCC)C=C1. The molecule has 0 fully saturated rings. The molecule has 0 saturated carbocycles. The first-order chi connectivity index (χ1) is 15.3. The third kappa shape index (κ3) is 7.61. The summed E-state index contributed by atoms with van der Waals surface area (Å²) in [4.78, 5) is 11.6. The van der Waals surface area contributed by atoms with Gasteiger partial charge < -0.3 is 14.7 Å². The Morgan fingerprint density at radius 3 is 2.39 bits per heavy atom. The third-order valence-electron chi connectivity index (χ3n) is 5.71. The predicted molar refractivity (Wildman–Crippen MR) is 133 cm³/mol. The fourth-order valence-corrected chi connectivity index (χ4v) is 3.94. The highest BCUT2D eigenvalue weighted by atomic mass is 16.5. The molecule has 0 spiro atoms. The molecule has 0 aromatic carbocycles. The predicted octanol–water partition coefficient (Wildman–Crippen LogP) is 8.07. The van der Waals surface area contributed by atoms with Crippen LogP contribution >= 0.6 is 0 Å². The van der Waals surface area contributed by atoms with Crippen molar-refractivity contribution in [1.29, 1.82) is 0 Å². The number of nitrogens with one attached hydrogen (secondary N) is 2. The molecule has 2 N–H and O–H groups in total. The second kappa shape index (κ2) is 13.0. The Hall–Kier alpha value is -2.49. The van der Waals surface area contributed by atoms with Gasteiger partial charge in [-0.2, -0.15) is 0 Å². The maximum absolute atomic E-state index is 5.97. The molecule has 0 saturated heterocycles. The van der Waals surface area contributed by atoms with Crippen LogP contribution in [-0.4, -0.2) is 22.3 Å². The number of nitrogens with zero attached hydrogens (tertiary/aromatic N) is 1. The van der Waals surface area contributed by atoms with E-state index in [1.54, 1.807) is 0 Å². The normalized spacial score (nSPS) is 14.5. The van der Waals surface area contributed by atoms with E-state index in [1.807, 2.05) is 12.3 Å². The summed E-state index contributed by atoms with van der Waals surface area (Å²) in [6.45, 7) is 5.11. The fourth-order valence-electron chi connectivity index (χ4n) is 3.94. The number of aromatic nitrogens is 2. The first kappa shape index (κ1) is 23.2. The summed E-state index contributed by atoms with van der Waals surface area (Å²) in [5.74, 6) is 0.884. The third-order valence-corrected chi connectivity index (χ3v) is 5.71. The Bertz CT molecular complexity index is 855. The van der Waals surface area contributed by atoms with Crippen LogP contribution in [0.15, 0.2) is 47.2 Å². The van der Waals surface area contributed by atoms with E-state index in [4.69, 9.17) is 9.73 Å². The van der Waals surface area contributed by atoms with Gasteiger partial charge in [-0.05, 0) is 49.6 Å². The van der Waals surface area contributed by atoms with E-state index in [9.17, 15) is 0 Å². The molecular formula is C27H39N3O. The number of aliphatic imine (C=N–C) groups is 1. The maximum Gasteiger partial charge on any atom is 0.144 e. The minimum Gasteiger partial charge on any atom is -0.491 e. The summed E-state index contributed by atoms with van der Waals surface area (Å²) in [5.41, 5.74) is 5.26. The van der Waals surface area contributed by atoms with Crippen molar-refractivity contribution in [2.24, 2.45) is 4.99 Å². The molecule has 0 unspecified atom stereocenters. The molecule has 0 amide bonds. The fraction of sp³-hybridized carbons (Fsp3) is 0.519. The van der Waals surface area contributed by atoms with Gasteiger partial charge in [0, 0.05) is 18.0 Å². The van der Waals surface area contributed by atoms with E-state index in [0.717, 1.165) is 41.4 Å². The van der Waals surface area contributed by atoms with Crippen molar-refractivity contribution >= 4 is 11.8 Å². The molecule has 0 bridgehead atoms. The van der Waals surface area contributed by atoms with Gasteiger partial charge in [-0.1, -0.05) is 65.2 Å². The smallest absolute Gasteiger partial charge is 0.144 e. The molecule has 1 aliphatic rings. The van der Waals surface area contributed by atoms with Crippen molar-refractivity contribution in [3.05, 3.63) is 47.9 Å². The quantitative estimate of drug-likeness (QED) is 0.281. The van der Waals surface area contributed by atoms with Crippen LogP contribution in [0.25, 0.3) is 17.5 Å². The Balaban J connectivity index is 1.49. The van der Waals surface area contributed by atoms with Gasteiger partial charge >= 0.3 is 0 Å². The number of aromatic amines is 2. The largest absolute Gasteiger partial charge is 0.491 e. The molecule has 31 heavy (non-hydrogen) atoms. The Morgan fingerprint density at radius 2 is 1.68 bits per heavy atom. The second-order valence-electron chi connectivity index (χ2n) is 8.48. The molecular weight excluding hydrogens is 382 g/mol. The van der Waals surface area contributed by atoms with Crippen molar-refractivity contribution in [3.63, 3.8) is 0 Å². The summed E-state index contributed by atoms with van der Waals surface area (Å²) in [6, 6.07) is 6.13. The van der Waals surface area contributed by atoms with E-state index < -0.39 is 0 Å². The number of ether oxygens (including phenoxy) is 1. The Morgan fingerprint density at radius 1 is 0.903 bits per heavy atom. The minimum absolute atomic E-state index is 0.709. The number of hydrogen-bond donors (Lipinski definition) is 2. The van der Waals surface area contributed by atoms with Crippen molar-refractivity contribution in [3.8, 4) is 17.1 Å². The zero-order chi connectivity index (χ0) is 21.7. The van der Waals surface area contributed by atoms with Crippen molar-refractivity contribution in [1.82, 2.24) is 9.97 Å². The van der Waals surface area contributed by atoms with Crippen LogP contribution in [0.4, 0.5) is 0 Å². The zero-order valence-corrected chi connectivity index (χ0v) is 19.4. The molecule has 3 heterocycles. The standard InChI is InChI=1S/C27H39N3O/c1-3-5-6-7-8-9-10-11-12-14-22-16-17-23(29-22)20-26-27(31-19-4-2)21-25(30-26)24-15-13-18-28-24/h13,15-18,20-21,28,30H,3-12,14,19H2,1-2H3/b23-20+.